The Bertz CT molecular complexity index is 518. The first-order valence-electron chi connectivity index (χ1n) is 5.11. The highest BCUT2D eigenvalue weighted by Crippen LogP contribution is 2.26. The Morgan fingerprint density at radius 1 is 1.32 bits per heavy atom. The second-order valence-electron chi connectivity index (χ2n) is 3.47. The summed E-state index contributed by atoms with van der Waals surface area (Å²) >= 11 is 3.17. The molecule has 0 aliphatic rings. The standard InChI is InChI=1S/C11H11BrN2O5/c1-6(15)13-14-10(16)5-19-9-4-7(11(17)18)2-3-8(9)12/h2-4H,5H2,1H3,(H,13,15)(H,14,16)(H,17,18). The van der Waals surface area contributed by atoms with Crippen molar-refractivity contribution in [2.45, 2.75) is 6.92 Å². The van der Waals surface area contributed by atoms with Crippen LogP contribution in [0.4, 0.5) is 0 Å². The minimum atomic E-state index is -1.10. The van der Waals surface area contributed by atoms with E-state index < -0.39 is 17.8 Å². The maximum atomic E-state index is 11.3. The van der Waals surface area contributed by atoms with Crippen LogP contribution in [0.25, 0.3) is 0 Å². The summed E-state index contributed by atoms with van der Waals surface area (Å²) in [5.74, 6) is -1.86. The highest BCUT2D eigenvalue weighted by atomic mass is 79.9. The lowest BCUT2D eigenvalue weighted by molar-refractivity contribution is -0.129. The molecule has 1 aromatic rings. The summed E-state index contributed by atoms with van der Waals surface area (Å²) in [6.45, 7) is 0.885. The molecule has 0 saturated heterocycles. The van der Waals surface area contributed by atoms with Crippen molar-refractivity contribution in [3.63, 3.8) is 0 Å². The third-order valence-corrected chi connectivity index (χ3v) is 2.57. The molecule has 2 amide bonds. The number of carbonyl (C=O) groups excluding carboxylic acids is 2. The zero-order valence-electron chi connectivity index (χ0n) is 9.90. The summed E-state index contributed by atoms with van der Waals surface area (Å²) in [5.41, 5.74) is 4.26. The van der Waals surface area contributed by atoms with Gasteiger partial charge in [0.05, 0.1) is 10.0 Å². The number of carboxylic acid groups (broad SMARTS) is 1. The normalized spacial score (nSPS) is 9.58. The highest BCUT2D eigenvalue weighted by Gasteiger charge is 2.10. The smallest absolute Gasteiger partial charge is 0.335 e. The number of halogens is 1. The summed E-state index contributed by atoms with van der Waals surface area (Å²) in [6, 6.07) is 4.19. The van der Waals surface area contributed by atoms with E-state index in [0.29, 0.717) is 4.47 Å². The Morgan fingerprint density at radius 2 is 2.00 bits per heavy atom. The van der Waals surface area contributed by atoms with Gasteiger partial charge in [-0.3, -0.25) is 20.4 Å². The third-order valence-electron chi connectivity index (χ3n) is 1.91. The highest BCUT2D eigenvalue weighted by molar-refractivity contribution is 9.10. The molecular weight excluding hydrogens is 320 g/mol. The number of ether oxygens (including phenoxy) is 1. The monoisotopic (exact) mass is 330 g/mol. The van der Waals surface area contributed by atoms with Crippen molar-refractivity contribution < 1.29 is 24.2 Å². The minimum absolute atomic E-state index is 0.0421. The molecule has 8 heteroatoms. The fraction of sp³-hybridized carbons (Fsp3) is 0.182. The molecule has 0 spiro atoms. The average Bonchev–Trinajstić information content (AvgIpc) is 2.35. The number of hydrazine groups is 1. The number of aromatic carboxylic acids is 1. The van der Waals surface area contributed by atoms with E-state index in [1.165, 1.54) is 25.1 Å². The Labute approximate surface area is 117 Å². The maximum absolute atomic E-state index is 11.3. The fourth-order valence-electron chi connectivity index (χ4n) is 1.08. The summed E-state index contributed by atoms with van der Waals surface area (Å²) in [7, 11) is 0. The second-order valence-corrected chi connectivity index (χ2v) is 4.32. The molecule has 1 rings (SSSR count). The molecule has 0 saturated carbocycles. The third kappa shape index (κ3) is 4.96. The van der Waals surface area contributed by atoms with Crippen LogP contribution in [0.5, 0.6) is 5.75 Å². The largest absolute Gasteiger partial charge is 0.482 e. The van der Waals surface area contributed by atoms with Gasteiger partial charge in [-0.25, -0.2) is 4.79 Å². The first kappa shape index (κ1) is 15.0. The van der Waals surface area contributed by atoms with Crippen molar-refractivity contribution in [3.05, 3.63) is 28.2 Å². The van der Waals surface area contributed by atoms with Gasteiger partial charge < -0.3 is 9.84 Å². The minimum Gasteiger partial charge on any atom is -0.482 e. The maximum Gasteiger partial charge on any atom is 0.335 e. The van der Waals surface area contributed by atoms with Crippen molar-refractivity contribution in [1.29, 1.82) is 0 Å². The average molecular weight is 331 g/mol. The number of rotatable bonds is 4. The lowest BCUT2D eigenvalue weighted by Crippen LogP contribution is -2.42. The molecule has 0 atom stereocenters. The van der Waals surface area contributed by atoms with Crippen LogP contribution in [0.3, 0.4) is 0 Å². The quantitative estimate of drug-likeness (QED) is 0.704. The SMILES string of the molecule is CC(=O)NNC(=O)COc1cc(C(=O)O)ccc1Br. The van der Waals surface area contributed by atoms with Crippen LogP contribution in [0.2, 0.25) is 0 Å². The number of amides is 2. The lowest BCUT2D eigenvalue weighted by atomic mass is 10.2. The van der Waals surface area contributed by atoms with E-state index in [1.54, 1.807) is 0 Å². The molecule has 0 unspecified atom stereocenters. The van der Waals surface area contributed by atoms with Gasteiger partial charge in [0, 0.05) is 6.92 Å². The lowest BCUT2D eigenvalue weighted by Gasteiger charge is -2.09. The number of hydrogen-bond donors (Lipinski definition) is 3. The molecule has 0 aliphatic carbocycles. The Morgan fingerprint density at radius 3 is 2.58 bits per heavy atom. The topological polar surface area (TPSA) is 105 Å². The van der Waals surface area contributed by atoms with Gasteiger partial charge in [-0.05, 0) is 34.1 Å². The predicted molar refractivity (Wildman–Crippen MR) is 68.6 cm³/mol. The Kier molecular flexibility index (Phi) is 5.31. The Balaban J connectivity index is 2.62. The molecule has 0 aliphatic heterocycles. The molecule has 3 N–H and O–H groups in total. The van der Waals surface area contributed by atoms with Crippen LogP contribution in [-0.4, -0.2) is 29.5 Å². The van der Waals surface area contributed by atoms with Gasteiger partial charge in [0.15, 0.2) is 6.61 Å². The Hall–Kier alpha value is -2.09. The molecule has 1 aromatic carbocycles. The molecule has 102 valence electrons. The number of carboxylic acids is 1. The van der Waals surface area contributed by atoms with E-state index in [1.807, 2.05) is 0 Å². The molecule has 0 radical (unpaired) electrons. The first-order valence-corrected chi connectivity index (χ1v) is 5.90. The molecule has 0 fully saturated rings. The van der Waals surface area contributed by atoms with Crippen molar-refractivity contribution in [3.8, 4) is 5.75 Å². The second kappa shape index (κ2) is 6.74. The van der Waals surface area contributed by atoms with E-state index in [9.17, 15) is 14.4 Å². The predicted octanol–water partition coefficient (Wildman–Crippen LogP) is 0.693. The van der Waals surface area contributed by atoms with Gasteiger partial charge in [0.1, 0.15) is 5.75 Å². The zero-order valence-corrected chi connectivity index (χ0v) is 11.5. The van der Waals surface area contributed by atoms with E-state index >= 15 is 0 Å². The number of carbonyl (C=O) groups is 3. The van der Waals surface area contributed by atoms with Crippen LogP contribution in [0.15, 0.2) is 22.7 Å². The van der Waals surface area contributed by atoms with Crippen molar-refractivity contribution in [2.24, 2.45) is 0 Å². The van der Waals surface area contributed by atoms with Crippen LogP contribution >= 0.6 is 15.9 Å². The molecule has 19 heavy (non-hydrogen) atoms. The summed E-state index contributed by atoms with van der Waals surface area (Å²) in [4.78, 5) is 32.6. The van der Waals surface area contributed by atoms with Gasteiger partial charge in [-0.2, -0.15) is 0 Å². The van der Waals surface area contributed by atoms with Gasteiger partial charge in [-0.1, -0.05) is 0 Å². The van der Waals surface area contributed by atoms with Crippen molar-refractivity contribution in [1.82, 2.24) is 10.9 Å². The summed E-state index contributed by atoms with van der Waals surface area (Å²) in [5, 5.41) is 8.83. The van der Waals surface area contributed by atoms with E-state index in [-0.39, 0.29) is 17.9 Å². The van der Waals surface area contributed by atoms with E-state index in [2.05, 4.69) is 26.8 Å². The summed E-state index contributed by atoms with van der Waals surface area (Å²) in [6.07, 6.45) is 0. The van der Waals surface area contributed by atoms with Gasteiger partial charge in [-0.15, -0.1) is 0 Å². The number of benzene rings is 1. The van der Waals surface area contributed by atoms with Crippen molar-refractivity contribution >= 4 is 33.7 Å². The molecule has 0 aromatic heterocycles. The molecule has 7 nitrogen and oxygen atoms in total. The van der Waals surface area contributed by atoms with Gasteiger partial charge >= 0.3 is 5.97 Å². The van der Waals surface area contributed by atoms with E-state index in [0.717, 1.165) is 0 Å². The van der Waals surface area contributed by atoms with Crippen molar-refractivity contribution in [2.75, 3.05) is 6.61 Å². The molecule has 0 bridgehead atoms. The van der Waals surface area contributed by atoms with Crippen LogP contribution in [0.1, 0.15) is 17.3 Å². The van der Waals surface area contributed by atoms with Gasteiger partial charge in [0.25, 0.3) is 5.91 Å². The van der Waals surface area contributed by atoms with E-state index in [4.69, 9.17) is 9.84 Å². The molecular formula is C11H11BrN2O5. The first-order chi connectivity index (χ1) is 8.90. The zero-order chi connectivity index (χ0) is 14.4. The van der Waals surface area contributed by atoms with Crippen LogP contribution in [0, 0.1) is 0 Å². The summed E-state index contributed by atoms with van der Waals surface area (Å²) < 4.78 is 5.67. The number of hydrogen-bond acceptors (Lipinski definition) is 4. The van der Waals surface area contributed by atoms with Gasteiger partial charge in [0.2, 0.25) is 5.91 Å². The molecule has 0 heterocycles. The number of nitrogens with one attached hydrogen (secondary N) is 2. The fourth-order valence-corrected chi connectivity index (χ4v) is 1.45. The van der Waals surface area contributed by atoms with Crippen LogP contribution in [-0.2, 0) is 9.59 Å². The van der Waals surface area contributed by atoms with Crippen LogP contribution < -0.4 is 15.6 Å².